The lowest BCUT2D eigenvalue weighted by molar-refractivity contribution is 0.0882. The summed E-state index contributed by atoms with van der Waals surface area (Å²) in [5.74, 6) is -0.284. The fourth-order valence-electron chi connectivity index (χ4n) is 1.69. The van der Waals surface area contributed by atoms with Gasteiger partial charge in [0.15, 0.2) is 0 Å². The molecule has 0 bridgehead atoms. The van der Waals surface area contributed by atoms with Crippen molar-refractivity contribution >= 4 is 11.7 Å². The van der Waals surface area contributed by atoms with E-state index in [2.05, 4.69) is 27.2 Å². The Kier molecular flexibility index (Phi) is 2.34. The Balaban J connectivity index is 1.90. The Labute approximate surface area is 87.2 Å². The van der Waals surface area contributed by atoms with Crippen LogP contribution in [-0.2, 0) is 0 Å². The SMILES string of the molecule is CC1(CNC(=O)c2nonc2N)CCC1. The quantitative estimate of drug-likeness (QED) is 0.760. The van der Waals surface area contributed by atoms with Gasteiger partial charge in [-0.1, -0.05) is 13.3 Å². The number of nitrogens with one attached hydrogen (secondary N) is 1. The Morgan fingerprint density at radius 2 is 2.33 bits per heavy atom. The number of nitrogens with two attached hydrogens (primary N) is 1. The van der Waals surface area contributed by atoms with Crippen LogP contribution in [0.1, 0.15) is 36.7 Å². The van der Waals surface area contributed by atoms with E-state index in [-0.39, 0.29) is 22.8 Å². The number of rotatable bonds is 3. The molecule has 0 unspecified atom stereocenters. The number of carbonyl (C=O) groups excluding carboxylic acids is 1. The first-order chi connectivity index (χ1) is 7.11. The first-order valence-corrected chi connectivity index (χ1v) is 4.97. The molecule has 0 aromatic carbocycles. The molecule has 6 heteroatoms. The van der Waals surface area contributed by atoms with Crippen LogP contribution in [0.4, 0.5) is 5.82 Å². The number of aromatic nitrogens is 2. The zero-order chi connectivity index (χ0) is 10.9. The van der Waals surface area contributed by atoms with Crippen molar-refractivity contribution in [3.05, 3.63) is 5.69 Å². The number of hydrogen-bond donors (Lipinski definition) is 2. The first-order valence-electron chi connectivity index (χ1n) is 4.97. The van der Waals surface area contributed by atoms with Crippen molar-refractivity contribution < 1.29 is 9.42 Å². The van der Waals surface area contributed by atoms with Crippen LogP contribution in [0, 0.1) is 5.41 Å². The highest BCUT2D eigenvalue weighted by molar-refractivity contribution is 5.95. The second kappa shape index (κ2) is 3.52. The Bertz CT molecular complexity index is 370. The zero-order valence-electron chi connectivity index (χ0n) is 8.62. The maximum absolute atomic E-state index is 11.6. The number of carbonyl (C=O) groups is 1. The van der Waals surface area contributed by atoms with Crippen LogP contribution >= 0.6 is 0 Å². The molecule has 1 aromatic heterocycles. The molecule has 2 rings (SSSR count). The average Bonchev–Trinajstić information content (AvgIpc) is 2.58. The van der Waals surface area contributed by atoms with E-state index in [0.717, 1.165) is 12.8 Å². The predicted molar refractivity (Wildman–Crippen MR) is 53.0 cm³/mol. The van der Waals surface area contributed by atoms with Crippen LogP contribution in [0.2, 0.25) is 0 Å². The van der Waals surface area contributed by atoms with Crippen LogP contribution in [0.3, 0.4) is 0 Å². The van der Waals surface area contributed by atoms with Crippen molar-refractivity contribution in [2.75, 3.05) is 12.3 Å². The second-order valence-corrected chi connectivity index (χ2v) is 4.34. The fraction of sp³-hybridized carbons (Fsp3) is 0.667. The van der Waals surface area contributed by atoms with Crippen molar-refractivity contribution in [1.29, 1.82) is 0 Å². The minimum atomic E-state index is -0.318. The number of nitrogens with zero attached hydrogens (tertiary/aromatic N) is 2. The smallest absolute Gasteiger partial charge is 0.277 e. The summed E-state index contributed by atoms with van der Waals surface area (Å²) in [5.41, 5.74) is 5.70. The van der Waals surface area contributed by atoms with E-state index in [1.165, 1.54) is 6.42 Å². The summed E-state index contributed by atoms with van der Waals surface area (Å²) in [6, 6.07) is 0. The maximum atomic E-state index is 11.6. The molecular formula is C9H14N4O2. The van der Waals surface area contributed by atoms with Crippen molar-refractivity contribution in [3.63, 3.8) is 0 Å². The normalized spacial score (nSPS) is 18.2. The standard InChI is InChI=1S/C9H14N4O2/c1-9(3-2-4-9)5-11-8(14)6-7(10)13-15-12-6/h2-5H2,1H3,(H2,10,13)(H,11,14). The Morgan fingerprint density at radius 3 is 2.80 bits per heavy atom. The van der Waals surface area contributed by atoms with Crippen LogP contribution in [0.25, 0.3) is 0 Å². The molecule has 1 amide bonds. The third-order valence-corrected chi connectivity index (χ3v) is 2.97. The van der Waals surface area contributed by atoms with Gasteiger partial charge in [0.2, 0.25) is 11.5 Å². The minimum absolute atomic E-state index is 0.0336. The average molecular weight is 210 g/mol. The molecule has 15 heavy (non-hydrogen) atoms. The minimum Gasteiger partial charge on any atom is -0.379 e. The van der Waals surface area contributed by atoms with Gasteiger partial charge in [-0.15, -0.1) is 0 Å². The summed E-state index contributed by atoms with van der Waals surface area (Å²) >= 11 is 0. The van der Waals surface area contributed by atoms with Gasteiger partial charge >= 0.3 is 0 Å². The lowest BCUT2D eigenvalue weighted by Crippen LogP contribution is -2.40. The van der Waals surface area contributed by atoms with E-state index in [1.54, 1.807) is 0 Å². The van der Waals surface area contributed by atoms with Gasteiger partial charge in [0, 0.05) is 6.54 Å². The molecule has 1 aromatic rings. The molecule has 0 saturated heterocycles. The molecule has 3 N–H and O–H groups in total. The Hall–Kier alpha value is -1.59. The molecule has 1 saturated carbocycles. The third-order valence-electron chi connectivity index (χ3n) is 2.97. The largest absolute Gasteiger partial charge is 0.379 e. The molecule has 1 aliphatic rings. The van der Waals surface area contributed by atoms with E-state index in [0.29, 0.717) is 6.54 Å². The van der Waals surface area contributed by atoms with Crippen LogP contribution < -0.4 is 11.1 Å². The van der Waals surface area contributed by atoms with E-state index >= 15 is 0 Å². The molecule has 1 heterocycles. The monoisotopic (exact) mass is 210 g/mol. The van der Waals surface area contributed by atoms with Gasteiger partial charge in [0.1, 0.15) is 0 Å². The lowest BCUT2D eigenvalue weighted by atomic mass is 9.70. The van der Waals surface area contributed by atoms with Crippen LogP contribution in [0.5, 0.6) is 0 Å². The van der Waals surface area contributed by atoms with Crippen molar-refractivity contribution in [2.45, 2.75) is 26.2 Å². The predicted octanol–water partition coefficient (Wildman–Crippen LogP) is 0.572. The van der Waals surface area contributed by atoms with Gasteiger partial charge in [-0.05, 0) is 28.6 Å². The molecule has 0 aliphatic heterocycles. The molecule has 6 nitrogen and oxygen atoms in total. The van der Waals surface area contributed by atoms with Crippen molar-refractivity contribution in [2.24, 2.45) is 5.41 Å². The molecule has 0 radical (unpaired) electrons. The van der Waals surface area contributed by atoms with Crippen molar-refractivity contribution in [1.82, 2.24) is 15.6 Å². The van der Waals surface area contributed by atoms with E-state index in [9.17, 15) is 4.79 Å². The highest BCUT2D eigenvalue weighted by atomic mass is 16.6. The molecular weight excluding hydrogens is 196 g/mol. The summed E-state index contributed by atoms with van der Waals surface area (Å²) in [7, 11) is 0. The number of amides is 1. The summed E-state index contributed by atoms with van der Waals surface area (Å²) in [4.78, 5) is 11.6. The van der Waals surface area contributed by atoms with E-state index in [4.69, 9.17) is 5.73 Å². The van der Waals surface area contributed by atoms with Crippen molar-refractivity contribution in [3.8, 4) is 0 Å². The Morgan fingerprint density at radius 1 is 1.60 bits per heavy atom. The third kappa shape index (κ3) is 1.93. The summed E-state index contributed by atoms with van der Waals surface area (Å²) < 4.78 is 4.35. The molecule has 1 aliphatic carbocycles. The summed E-state index contributed by atoms with van der Waals surface area (Å²) in [6.07, 6.45) is 3.54. The van der Waals surface area contributed by atoms with Crippen LogP contribution in [-0.4, -0.2) is 22.8 Å². The molecule has 0 spiro atoms. The second-order valence-electron chi connectivity index (χ2n) is 4.34. The fourth-order valence-corrected chi connectivity index (χ4v) is 1.69. The van der Waals surface area contributed by atoms with Crippen LogP contribution in [0.15, 0.2) is 4.63 Å². The topological polar surface area (TPSA) is 94.0 Å². The zero-order valence-corrected chi connectivity index (χ0v) is 8.62. The van der Waals surface area contributed by atoms with Gasteiger partial charge in [0.05, 0.1) is 0 Å². The summed E-state index contributed by atoms with van der Waals surface area (Å²) in [5, 5.41) is 9.57. The van der Waals surface area contributed by atoms with E-state index < -0.39 is 0 Å². The first kappa shape index (κ1) is 9.95. The molecule has 82 valence electrons. The number of hydrogen-bond acceptors (Lipinski definition) is 5. The number of anilines is 1. The lowest BCUT2D eigenvalue weighted by Gasteiger charge is -2.38. The summed E-state index contributed by atoms with van der Waals surface area (Å²) in [6.45, 7) is 2.80. The molecule has 1 fully saturated rings. The van der Waals surface area contributed by atoms with Gasteiger partial charge in [-0.2, -0.15) is 0 Å². The van der Waals surface area contributed by atoms with Gasteiger partial charge < -0.3 is 11.1 Å². The molecule has 0 atom stereocenters. The van der Waals surface area contributed by atoms with E-state index in [1.807, 2.05) is 0 Å². The number of nitrogen functional groups attached to an aromatic ring is 1. The maximum Gasteiger partial charge on any atom is 0.277 e. The highest BCUT2D eigenvalue weighted by Crippen LogP contribution is 2.39. The van der Waals surface area contributed by atoms with Gasteiger partial charge in [-0.25, -0.2) is 4.63 Å². The van der Waals surface area contributed by atoms with Gasteiger partial charge in [-0.3, -0.25) is 4.79 Å². The van der Waals surface area contributed by atoms with Gasteiger partial charge in [0.25, 0.3) is 5.91 Å². The highest BCUT2D eigenvalue weighted by Gasteiger charge is 2.32.